The maximum Gasteiger partial charge on any atom is 0.160 e. The van der Waals surface area contributed by atoms with E-state index in [9.17, 15) is 0 Å². The Morgan fingerprint density at radius 3 is 2.44 bits per heavy atom. The van der Waals surface area contributed by atoms with Crippen LogP contribution in [-0.2, 0) is 6.42 Å². The SMILES string of the molecule is CC(C)Cc1ccc(-c2ncc(Br)c(Cl)n2)cc1. The third-order valence-corrected chi connectivity index (χ3v) is 3.65. The third-order valence-electron chi connectivity index (χ3n) is 2.56. The number of nitrogens with zero attached hydrogens (tertiary/aromatic N) is 2. The Labute approximate surface area is 121 Å². The predicted molar refractivity (Wildman–Crippen MR) is 78.7 cm³/mol. The topological polar surface area (TPSA) is 25.8 Å². The molecule has 0 unspecified atom stereocenters. The second kappa shape index (κ2) is 5.81. The fourth-order valence-electron chi connectivity index (χ4n) is 1.75. The number of rotatable bonds is 3. The lowest BCUT2D eigenvalue weighted by Gasteiger charge is -2.06. The standard InChI is InChI=1S/C14H14BrClN2/c1-9(2)7-10-3-5-11(6-4-10)14-17-8-12(15)13(16)18-14/h3-6,8-9H,7H2,1-2H3. The van der Waals surface area contributed by atoms with Gasteiger partial charge in [0.25, 0.3) is 0 Å². The summed E-state index contributed by atoms with van der Waals surface area (Å²) in [6, 6.07) is 8.32. The predicted octanol–water partition coefficient (Wildman–Crippen LogP) is 4.76. The molecule has 1 aromatic heterocycles. The van der Waals surface area contributed by atoms with Gasteiger partial charge in [-0.3, -0.25) is 0 Å². The minimum atomic E-state index is 0.436. The molecule has 1 heterocycles. The highest BCUT2D eigenvalue weighted by atomic mass is 79.9. The van der Waals surface area contributed by atoms with Gasteiger partial charge in [0.1, 0.15) is 5.15 Å². The van der Waals surface area contributed by atoms with Gasteiger partial charge in [0.05, 0.1) is 4.47 Å². The second-order valence-electron chi connectivity index (χ2n) is 4.63. The summed E-state index contributed by atoms with van der Waals surface area (Å²) in [5, 5.41) is 0.436. The van der Waals surface area contributed by atoms with Crippen molar-refractivity contribution >= 4 is 27.5 Å². The lowest BCUT2D eigenvalue weighted by molar-refractivity contribution is 0.647. The van der Waals surface area contributed by atoms with Crippen molar-refractivity contribution in [2.45, 2.75) is 20.3 Å². The Balaban J connectivity index is 2.25. The van der Waals surface area contributed by atoms with Crippen molar-refractivity contribution in [2.75, 3.05) is 0 Å². The van der Waals surface area contributed by atoms with Gasteiger partial charge in [-0.05, 0) is 33.8 Å². The van der Waals surface area contributed by atoms with Crippen molar-refractivity contribution in [2.24, 2.45) is 5.92 Å². The van der Waals surface area contributed by atoms with E-state index >= 15 is 0 Å². The van der Waals surface area contributed by atoms with Gasteiger partial charge >= 0.3 is 0 Å². The van der Waals surface area contributed by atoms with E-state index in [-0.39, 0.29) is 0 Å². The molecule has 0 bridgehead atoms. The van der Waals surface area contributed by atoms with Crippen molar-refractivity contribution in [3.8, 4) is 11.4 Å². The summed E-state index contributed by atoms with van der Waals surface area (Å²) in [6.45, 7) is 4.43. The maximum atomic E-state index is 5.97. The number of hydrogen-bond acceptors (Lipinski definition) is 2. The van der Waals surface area contributed by atoms with E-state index in [0.717, 1.165) is 12.0 Å². The van der Waals surface area contributed by atoms with Crippen molar-refractivity contribution in [1.29, 1.82) is 0 Å². The van der Waals surface area contributed by atoms with Crippen LogP contribution in [-0.4, -0.2) is 9.97 Å². The first-order chi connectivity index (χ1) is 8.56. The Morgan fingerprint density at radius 1 is 1.22 bits per heavy atom. The first kappa shape index (κ1) is 13.5. The number of aromatic nitrogens is 2. The zero-order valence-electron chi connectivity index (χ0n) is 10.3. The molecule has 0 amide bonds. The highest BCUT2D eigenvalue weighted by molar-refractivity contribution is 9.10. The zero-order chi connectivity index (χ0) is 13.1. The van der Waals surface area contributed by atoms with E-state index in [4.69, 9.17) is 11.6 Å². The Hall–Kier alpha value is -0.930. The molecule has 4 heteroatoms. The fourth-order valence-corrected chi connectivity index (χ4v) is 2.07. The van der Waals surface area contributed by atoms with Crippen LogP contribution >= 0.6 is 27.5 Å². The van der Waals surface area contributed by atoms with Crippen LogP contribution < -0.4 is 0 Å². The van der Waals surface area contributed by atoms with Crippen molar-refractivity contribution in [3.63, 3.8) is 0 Å². The Morgan fingerprint density at radius 2 is 1.89 bits per heavy atom. The van der Waals surface area contributed by atoms with Crippen molar-refractivity contribution in [3.05, 3.63) is 45.7 Å². The molecule has 0 aliphatic carbocycles. The van der Waals surface area contributed by atoms with Gasteiger partial charge in [0.2, 0.25) is 0 Å². The molecule has 2 aromatic rings. The lowest BCUT2D eigenvalue weighted by atomic mass is 10.0. The number of halogens is 2. The van der Waals surface area contributed by atoms with Gasteiger partial charge in [-0.15, -0.1) is 0 Å². The summed E-state index contributed by atoms with van der Waals surface area (Å²) >= 11 is 9.25. The summed E-state index contributed by atoms with van der Waals surface area (Å²) in [6.07, 6.45) is 2.76. The summed E-state index contributed by atoms with van der Waals surface area (Å²) in [5.74, 6) is 1.31. The van der Waals surface area contributed by atoms with Crippen molar-refractivity contribution in [1.82, 2.24) is 9.97 Å². The molecular formula is C14H14BrClN2. The largest absolute Gasteiger partial charge is 0.235 e. The minimum absolute atomic E-state index is 0.436. The molecule has 0 spiro atoms. The van der Waals surface area contributed by atoms with E-state index in [0.29, 0.717) is 21.4 Å². The Kier molecular flexibility index (Phi) is 4.36. The molecule has 0 saturated carbocycles. The van der Waals surface area contributed by atoms with Gasteiger partial charge in [0, 0.05) is 11.8 Å². The fraction of sp³-hybridized carbons (Fsp3) is 0.286. The van der Waals surface area contributed by atoms with E-state index < -0.39 is 0 Å². The van der Waals surface area contributed by atoms with E-state index in [2.05, 4.69) is 51.9 Å². The number of benzene rings is 1. The molecule has 94 valence electrons. The van der Waals surface area contributed by atoms with E-state index in [1.165, 1.54) is 5.56 Å². The summed E-state index contributed by atoms with van der Waals surface area (Å²) in [7, 11) is 0. The van der Waals surface area contributed by atoms with Crippen LogP contribution in [0.25, 0.3) is 11.4 Å². The molecule has 0 N–H and O–H groups in total. The summed E-state index contributed by atoms with van der Waals surface area (Å²) < 4.78 is 0.712. The van der Waals surface area contributed by atoms with Crippen molar-refractivity contribution < 1.29 is 0 Å². The monoisotopic (exact) mass is 324 g/mol. The molecule has 0 fully saturated rings. The average molecular weight is 326 g/mol. The van der Waals surface area contributed by atoms with Gasteiger partial charge < -0.3 is 0 Å². The molecule has 1 aromatic carbocycles. The molecule has 2 rings (SSSR count). The highest BCUT2D eigenvalue weighted by Crippen LogP contribution is 2.23. The van der Waals surface area contributed by atoms with Crippen LogP contribution in [0, 0.1) is 5.92 Å². The van der Waals surface area contributed by atoms with Crippen LogP contribution in [0.4, 0.5) is 0 Å². The zero-order valence-corrected chi connectivity index (χ0v) is 12.7. The molecule has 18 heavy (non-hydrogen) atoms. The van der Waals surface area contributed by atoms with Crippen LogP contribution in [0.1, 0.15) is 19.4 Å². The van der Waals surface area contributed by atoms with Gasteiger partial charge in [-0.25, -0.2) is 9.97 Å². The van der Waals surface area contributed by atoms with Crippen LogP contribution in [0.5, 0.6) is 0 Å². The first-order valence-corrected chi connectivity index (χ1v) is 7.00. The van der Waals surface area contributed by atoms with E-state index in [1.54, 1.807) is 6.20 Å². The van der Waals surface area contributed by atoms with Crippen LogP contribution in [0.2, 0.25) is 5.15 Å². The normalized spacial score (nSPS) is 10.9. The summed E-state index contributed by atoms with van der Waals surface area (Å²) in [5.41, 5.74) is 2.31. The molecular weight excluding hydrogens is 312 g/mol. The van der Waals surface area contributed by atoms with Gasteiger partial charge in [-0.1, -0.05) is 49.7 Å². The highest BCUT2D eigenvalue weighted by Gasteiger charge is 2.05. The number of hydrogen-bond donors (Lipinski definition) is 0. The second-order valence-corrected chi connectivity index (χ2v) is 5.84. The van der Waals surface area contributed by atoms with Crippen LogP contribution in [0.15, 0.2) is 34.9 Å². The van der Waals surface area contributed by atoms with Gasteiger partial charge in [0.15, 0.2) is 5.82 Å². The third kappa shape index (κ3) is 3.30. The molecule has 0 atom stereocenters. The smallest absolute Gasteiger partial charge is 0.160 e. The quantitative estimate of drug-likeness (QED) is 0.760. The average Bonchev–Trinajstić information content (AvgIpc) is 2.33. The Bertz CT molecular complexity index is 538. The van der Waals surface area contributed by atoms with Crippen LogP contribution in [0.3, 0.4) is 0 Å². The summed E-state index contributed by atoms with van der Waals surface area (Å²) in [4.78, 5) is 8.50. The van der Waals surface area contributed by atoms with Gasteiger partial charge in [-0.2, -0.15) is 0 Å². The lowest BCUT2D eigenvalue weighted by Crippen LogP contribution is -1.94. The van der Waals surface area contributed by atoms with E-state index in [1.807, 2.05) is 12.1 Å². The molecule has 0 aliphatic rings. The molecule has 0 saturated heterocycles. The molecule has 0 aliphatic heterocycles. The minimum Gasteiger partial charge on any atom is -0.235 e. The maximum absolute atomic E-state index is 5.97. The molecule has 0 radical (unpaired) electrons. The molecule has 2 nitrogen and oxygen atoms in total. The first-order valence-electron chi connectivity index (χ1n) is 5.83.